The zero-order valence-electron chi connectivity index (χ0n) is 19.5. The van der Waals surface area contributed by atoms with Crippen LogP contribution in [0.4, 0.5) is 5.69 Å². The van der Waals surface area contributed by atoms with Crippen molar-refractivity contribution in [1.82, 2.24) is 15.1 Å². The number of ether oxygens (including phenoxy) is 1. The molecule has 0 radical (unpaired) electrons. The number of hydrogen-bond donors (Lipinski definition) is 2. The molecule has 8 nitrogen and oxygen atoms in total. The van der Waals surface area contributed by atoms with Gasteiger partial charge in [-0.2, -0.15) is 5.10 Å². The quantitative estimate of drug-likeness (QED) is 0.539. The van der Waals surface area contributed by atoms with Crippen molar-refractivity contribution in [2.45, 2.75) is 33.6 Å². The molecule has 0 aliphatic rings. The average Bonchev–Trinajstić information content (AvgIpc) is 3.11. The first-order valence-electron chi connectivity index (χ1n) is 10.6. The number of amides is 2. The number of nitrogens with zero attached hydrogens (tertiary/aromatic N) is 2. The maximum Gasteiger partial charge on any atom is 0.305 e. The lowest BCUT2D eigenvalue weighted by Gasteiger charge is -2.12. The van der Waals surface area contributed by atoms with Crippen LogP contribution in [0.3, 0.4) is 0 Å². The minimum Gasteiger partial charge on any atom is -0.469 e. The van der Waals surface area contributed by atoms with Gasteiger partial charge < -0.3 is 15.4 Å². The lowest BCUT2D eigenvalue weighted by Crippen LogP contribution is -2.20. The second-order valence-electron chi connectivity index (χ2n) is 7.70. The van der Waals surface area contributed by atoms with E-state index in [2.05, 4.69) is 15.7 Å². The third-order valence-electron chi connectivity index (χ3n) is 5.68. The molecule has 0 atom stereocenters. The third kappa shape index (κ3) is 5.11. The molecule has 0 spiro atoms. The van der Waals surface area contributed by atoms with E-state index < -0.39 is 0 Å². The van der Waals surface area contributed by atoms with Gasteiger partial charge in [-0.15, -0.1) is 0 Å². The molecule has 3 rings (SSSR count). The van der Waals surface area contributed by atoms with E-state index in [0.29, 0.717) is 35.2 Å². The molecule has 0 unspecified atom stereocenters. The molecule has 0 saturated carbocycles. The number of anilines is 1. The zero-order chi connectivity index (χ0) is 24.1. The molecule has 8 heteroatoms. The molecule has 2 N–H and O–H groups in total. The van der Waals surface area contributed by atoms with Crippen molar-refractivity contribution >= 4 is 23.5 Å². The first kappa shape index (κ1) is 23.7. The maximum absolute atomic E-state index is 12.8. The topological polar surface area (TPSA) is 102 Å². The first-order chi connectivity index (χ1) is 15.8. The Hall–Kier alpha value is -3.94. The molecular weight excluding hydrogens is 420 g/mol. The second-order valence-corrected chi connectivity index (χ2v) is 7.70. The molecule has 172 valence electrons. The zero-order valence-corrected chi connectivity index (χ0v) is 19.5. The van der Waals surface area contributed by atoms with E-state index in [-0.39, 0.29) is 17.8 Å². The van der Waals surface area contributed by atoms with Crippen molar-refractivity contribution in [3.05, 3.63) is 76.1 Å². The largest absolute Gasteiger partial charge is 0.469 e. The van der Waals surface area contributed by atoms with Gasteiger partial charge >= 0.3 is 5.97 Å². The Kier molecular flexibility index (Phi) is 7.27. The fourth-order valence-corrected chi connectivity index (χ4v) is 3.72. The summed E-state index contributed by atoms with van der Waals surface area (Å²) in [5, 5.41) is 10.1. The standard InChI is InChI=1S/C25H28N4O4/c1-15-20(25(32)26-4)7-6-8-22(15)27-24(31)18-9-11-19(12-10-18)29-17(3)21(16(2)28-29)13-14-23(30)33-5/h6-12H,13-14H2,1-5H3,(H,26,32)(H,27,31). The Balaban J connectivity index is 1.78. The Morgan fingerprint density at radius 3 is 2.33 bits per heavy atom. The van der Waals surface area contributed by atoms with Gasteiger partial charge in [0.1, 0.15) is 0 Å². The highest BCUT2D eigenvalue weighted by Gasteiger charge is 2.16. The van der Waals surface area contributed by atoms with Gasteiger partial charge in [-0.25, -0.2) is 4.68 Å². The molecule has 0 aliphatic heterocycles. The van der Waals surface area contributed by atoms with Gasteiger partial charge in [0.25, 0.3) is 11.8 Å². The number of esters is 1. The van der Waals surface area contributed by atoms with Crippen LogP contribution in [0.1, 0.15) is 49.7 Å². The van der Waals surface area contributed by atoms with Crippen molar-refractivity contribution in [2.75, 3.05) is 19.5 Å². The maximum atomic E-state index is 12.8. The summed E-state index contributed by atoms with van der Waals surface area (Å²) in [5.41, 5.74) is 5.89. The summed E-state index contributed by atoms with van der Waals surface area (Å²) in [6, 6.07) is 12.3. The van der Waals surface area contributed by atoms with Gasteiger partial charge in [-0.3, -0.25) is 14.4 Å². The Labute approximate surface area is 193 Å². The monoisotopic (exact) mass is 448 g/mol. The van der Waals surface area contributed by atoms with E-state index in [0.717, 1.165) is 22.6 Å². The fourth-order valence-electron chi connectivity index (χ4n) is 3.72. The lowest BCUT2D eigenvalue weighted by atomic mass is 10.1. The molecule has 0 fully saturated rings. The smallest absolute Gasteiger partial charge is 0.305 e. The van der Waals surface area contributed by atoms with E-state index in [9.17, 15) is 14.4 Å². The lowest BCUT2D eigenvalue weighted by molar-refractivity contribution is -0.140. The Morgan fingerprint density at radius 1 is 1.00 bits per heavy atom. The van der Waals surface area contributed by atoms with Crippen LogP contribution in [-0.4, -0.2) is 41.7 Å². The van der Waals surface area contributed by atoms with Gasteiger partial charge in [0.05, 0.1) is 18.5 Å². The number of aryl methyl sites for hydroxylation is 1. The summed E-state index contributed by atoms with van der Waals surface area (Å²) in [6.07, 6.45) is 0.850. The minimum atomic E-state index is -0.272. The number of nitrogens with one attached hydrogen (secondary N) is 2. The number of benzene rings is 2. The Morgan fingerprint density at radius 2 is 1.70 bits per heavy atom. The van der Waals surface area contributed by atoms with E-state index in [1.165, 1.54) is 7.11 Å². The predicted molar refractivity (Wildman–Crippen MR) is 126 cm³/mol. The molecule has 0 saturated heterocycles. The second kappa shape index (κ2) is 10.1. The molecule has 3 aromatic rings. The summed E-state index contributed by atoms with van der Waals surface area (Å²) in [4.78, 5) is 36.3. The van der Waals surface area contributed by atoms with Gasteiger partial charge in [0.15, 0.2) is 0 Å². The number of carbonyl (C=O) groups excluding carboxylic acids is 3. The van der Waals surface area contributed by atoms with Gasteiger partial charge in [-0.05, 0) is 74.7 Å². The van der Waals surface area contributed by atoms with Crippen molar-refractivity contribution < 1.29 is 19.1 Å². The number of methoxy groups -OCH3 is 1. The normalized spacial score (nSPS) is 10.6. The summed E-state index contributed by atoms with van der Waals surface area (Å²) in [7, 11) is 2.95. The van der Waals surface area contributed by atoms with Crippen LogP contribution in [-0.2, 0) is 16.0 Å². The van der Waals surface area contributed by atoms with Crippen LogP contribution in [0.25, 0.3) is 5.69 Å². The summed E-state index contributed by atoms with van der Waals surface area (Å²) in [6.45, 7) is 5.66. The van der Waals surface area contributed by atoms with Crippen molar-refractivity contribution in [3.63, 3.8) is 0 Å². The summed E-state index contributed by atoms with van der Waals surface area (Å²) >= 11 is 0. The molecule has 1 aromatic heterocycles. The first-order valence-corrected chi connectivity index (χ1v) is 10.6. The molecule has 33 heavy (non-hydrogen) atoms. The van der Waals surface area contributed by atoms with E-state index >= 15 is 0 Å². The Bertz CT molecular complexity index is 1200. The summed E-state index contributed by atoms with van der Waals surface area (Å²) < 4.78 is 6.53. The van der Waals surface area contributed by atoms with Crippen LogP contribution < -0.4 is 10.6 Å². The SMILES string of the molecule is CNC(=O)c1cccc(NC(=O)c2ccc(-n3nc(C)c(CCC(=O)OC)c3C)cc2)c1C. The van der Waals surface area contributed by atoms with E-state index in [1.54, 1.807) is 49.0 Å². The number of aromatic nitrogens is 2. The predicted octanol–water partition coefficient (Wildman–Crippen LogP) is 3.52. The van der Waals surface area contributed by atoms with Gasteiger partial charge in [0.2, 0.25) is 0 Å². The molecule has 1 heterocycles. The van der Waals surface area contributed by atoms with Crippen molar-refractivity contribution in [1.29, 1.82) is 0 Å². The van der Waals surface area contributed by atoms with Crippen LogP contribution in [0.5, 0.6) is 0 Å². The van der Waals surface area contributed by atoms with Crippen LogP contribution >= 0.6 is 0 Å². The van der Waals surface area contributed by atoms with Crippen molar-refractivity contribution in [2.24, 2.45) is 0 Å². The van der Waals surface area contributed by atoms with Crippen molar-refractivity contribution in [3.8, 4) is 5.69 Å². The molecule has 2 aromatic carbocycles. The molecular formula is C25H28N4O4. The molecule has 2 amide bonds. The highest BCUT2D eigenvalue weighted by atomic mass is 16.5. The van der Waals surface area contributed by atoms with Crippen LogP contribution in [0.15, 0.2) is 42.5 Å². The third-order valence-corrected chi connectivity index (χ3v) is 5.68. The summed E-state index contributed by atoms with van der Waals surface area (Å²) in [5.74, 6) is -0.734. The number of carbonyl (C=O) groups is 3. The highest BCUT2D eigenvalue weighted by molar-refractivity contribution is 6.06. The van der Waals surface area contributed by atoms with Crippen LogP contribution in [0.2, 0.25) is 0 Å². The van der Waals surface area contributed by atoms with Gasteiger partial charge in [0, 0.05) is 36.0 Å². The fraction of sp³-hybridized carbons (Fsp3) is 0.280. The molecule has 0 aliphatic carbocycles. The minimum absolute atomic E-state index is 0.205. The highest BCUT2D eigenvalue weighted by Crippen LogP contribution is 2.22. The van der Waals surface area contributed by atoms with Crippen LogP contribution in [0, 0.1) is 20.8 Å². The van der Waals surface area contributed by atoms with E-state index in [1.807, 2.05) is 26.0 Å². The number of hydrogen-bond acceptors (Lipinski definition) is 5. The average molecular weight is 449 g/mol. The molecule has 0 bridgehead atoms. The number of rotatable bonds is 7. The van der Waals surface area contributed by atoms with E-state index in [4.69, 9.17) is 4.74 Å². The van der Waals surface area contributed by atoms with Gasteiger partial charge in [-0.1, -0.05) is 6.07 Å².